The van der Waals surface area contributed by atoms with Crippen molar-refractivity contribution < 1.29 is 18.1 Å². The van der Waals surface area contributed by atoms with Crippen molar-refractivity contribution in [3.05, 3.63) is 26.9 Å². The first kappa shape index (κ1) is 12.1. The van der Waals surface area contributed by atoms with Gasteiger partial charge in [0.05, 0.1) is 0 Å². The lowest BCUT2D eigenvalue weighted by Gasteiger charge is -2.08. The predicted octanol–water partition coefficient (Wildman–Crippen LogP) is 1.49. The molecular weight excluding hydrogens is 342 g/mol. The molecule has 1 rings (SSSR count). The Bertz CT molecular complexity index is 447. The smallest absolute Gasteiger partial charge is 0.298 e. The van der Waals surface area contributed by atoms with E-state index in [9.17, 15) is 13.5 Å². The Morgan fingerprint density at radius 2 is 2.00 bits per heavy atom. The van der Waals surface area contributed by atoms with E-state index in [0.717, 1.165) is 0 Å². The highest BCUT2D eigenvalue weighted by Crippen LogP contribution is 2.26. The van der Waals surface area contributed by atoms with Crippen LogP contribution in [0.15, 0.2) is 21.2 Å². The summed E-state index contributed by atoms with van der Waals surface area (Å²) in [4.78, 5) is 3.66. The zero-order valence-corrected chi connectivity index (χ0v) is 10.5. The van der Waals surface area contributed by atoms with Gasteiger partial charge in [-0.15, -0.1) is 0 Å². The number of hydrogen-bond donors (Lipinski definition) is 2. The van der Waals surface area contributed by atoms with Gasteiger partial charge in [-0.05, 0) is 37.9 Å². The average Bonchev–Trinajstić information content (AvgIpc) is 2.01. The lowest BCUT2D eigenvalue weighted by molar-refractivity contribution is 0.233. The fourth-order valence-electron chi connectivity index (χ4n) is 0.748. The normalized spacial score (nSPS) is 14.0. The van der Waals surface area contributed by atoms with Crippen LogP contribution in [-0.4, -0.2) is 23.1 Å². The number of halogens is 2. The minimum atomic E-state index is -4.54. The first-order valence-corrected chi connectivity index (χ1v) is 6.36. The number of aromatic nitrogens is 1. The van der Waals surface area contributed by atoms with E-state index >= 15 is 0 Å². The summed E-state index contributed by atoms with van der Waals surface area (Å²) < 4.78 is 30.7. The van der Waals surface area contributed by atoms with Crippen molar-refractivity contribution >= 4 is 42.0 Å². The summed E-state index contributed by atoms with van der Waals surface area (Å²) in [7, 11) is -4.54. The molecule has 1 aromatic heterocycles. The van der Waals surface area contributed by atoms with Gasteiger partial charge < -0.3 is 5.11 Å². The van der Waals surface area contributed by atoms with Crippen molar-refractivity contribution in [1.82, 2.24) is 4.98 Å². The minimum absolute atomic E-state index is 0.157. The molecule has 0 spiro atoms. The van der Waals surface area contributed by atoms with Crippen LogP contribution in [0, 0.1) is 0 Å². The molecule has 5 nitrogen and oxygen atoms in total. The summed E-state index contributed by atoms with van der Waals surface area (Å²) in [6, 6.07) is 1.51. The highest BCUT2D eigenvalue weighted by Gasteiger charge is 2.25. The van der Waals surface area contributed by atoms with E-state index in [1.165, 1.54) is 12.3 Å². The van der Waals surface area contributed by atoms with Crippen LogP contribution in [0.25, 0.3) is 0 Å². The van der Waals surface area contributed by atoms with Crippen molar-refractivity contribution in [3.63, 3.8) is 0 Å². The standard InChI is InChI=1S/C6H5Br2NO4S/c7-3-1-4(8)5(9-2-3)6(10)14(11,12)13/h1-2,6,10H,(H,11,12,13). The zero-order chi connectivity index (χ0) is 10.9. The number of aliphatic hydroxyl groups is 1. The second kappa shape index (κ2) is 4.23. The Kier molecular flexibility index (Phi) is 3.64. The van der Waals surface area contributed by atoms with Crippen LogP contribution < -0.4 is 0 Å². The topological polar surface area (TPSA) is 87.5 Å². The second-order valence-corrected chi connectivity index (χ2v) is 5.63. The summed E-state index contributed by atoms with van der Waals surface area (Å²) in [5.74, 6) is 0. The van der Waals surface area contributed by atoms with Gasteiger partial charge in [0, 0.05) is 15.1 Å². The predicted molar refractivity (Wildman–Crippen MR) is 56.1 cm³/mol. The summed E-state index contributed by atoms with van der Waals surface area (Å²) in [6.45, 7) is 0. The van der Waals surface area contributed by atoms with Crippen molar-refractivity contribution in [2.75, 3.05) is 0 Å². The Balaban J connectivity index is 3.21. The number of aliphatic hydroxyl groups excluding tert-OH is 1. The molecule has 0 radical (unpaired) electrons. The largest absolute Gasteiger partial charge is 0.370 e. The van der Waals surface area contributed by atoms with Crippen LogP contribution in [0.4, 0.5) is 0 Å². The van der Waals surface area contributed by atoms with E-state index in [-0.39, 0.29) is 10.2 Å². The Labute approximate surface area is 97.2 Å². The molecule has 8 heteroatoms. The molecule has 0 amide bonds. The van der Waals surface area contributed by atoms with E-state index in [1.807, 2.05) is 0 Å². The van der Waals surface area contributed by atoms with Crippen LogP contribution in [-0.2, 0) is 10.1 Å². The third kappa shape index (κ3) is 2.74. The molecule has 0 saturated heterocycles. The molecule has 0 saturated carbocycles. The lowest BCUT2D eigenvalue weighted by Crippen LogP contribution is -2.13. The van der Waals surface area contributed by atoms with Crippen LogP contribution in [0.2, 0.25) is 0 Å². The van der Waals surface area contributed by atoms with Crippen LogP contribution >= 0.6 is 31.9 Å². The first-order chi connectivity index (χ1) is 6.32. The highest BCUT2D eigenvalue weighted by molar-refractivity contribution is 9.11. The zero-order valence-electron chi connectivity index (χ0n) is 6.55. The molecule has 1 unspecified atom stereocenters. The maximum absolute atomic E-state index is 10.6. The Morgan fingerprint density at radius 1 is 1.43 bits per heavy atom. The van der Waals surface area contributed by atoms with E-state index in [1.54, 1.807) is 0 Å². The van der Waals surface area contributed by atoms with Gasteiger partial charge in [0.2, 0.25) is 5.44 Å². The summed E-state index contributed by atoms with van der Waals surface area (Å²) >= 11 is 6.12. The fourth-order valence-corrected chi connectivity index (χ4v) is 2.57. The lowest BCUT2D eigenvalue weighted by atomic mass is 10.4. The maximum atomic E-state index is 10.6. The summed E-state index contributed by atoms with van der Waals surface area (Å²) in [5.41, 5.74) is -2.19. The third-order valence-electron chi connectivity index (χ3n) is 1.35. The third-order valence-corrected chi connectivity index (χ3v) is 3.21. The van der Waals surface area contributed by atoms with Crippen molar-refractivity contribution in [1.29, 1.82) is 0 Å². The van der Waals surface area contributed by atoms with Crippen LogP contribution in [0.1, 0.15) is 11.1 Å². The molecule has 0 bridgehead atoms. The van der Waals surface area contributed by atoms with Crippen molar-refractivity contribution in [3.8, 4) is 0 Å². The van der Waals surface area contributed by atoms with Gasteiger partial charge in [-0.2, -0.15) is 8.42 Å². The van der Waals surface area contributed by atoms with E-state index in [4.69, 9.17) is 4.55 Å². The number of nitrogens with zero attached hydrogens (tertiary/aromatic N) is 1. The molecule has 1 aromatic rings. The van der Waals surface area contributed by atoms with Gasteiger partial charge in [0.1, 0.15) is 5.69 Å². The molecule has 0 fully saturated rings. The summed E-state index contributed by atoms with van der Waals surface area (Å²) in [6.07, 6.45) is 1.31. The average molecular weight is 347 g/mol. The number of pyridine rings is 1. The molecular formula is C6H5Br2NO4S. The minimum Gasteiger partial charge on any atom is -0.370 e. The quantitative estimate of drug-likeness (QED) is 0.792. The van der Waals surface area contributed by atoms with Crippen LogP contribution in [0.5, 0.6) is 0 Å². The molecule has 0 aliphatic carbocycles. The number of hydrogen-bond acceptors (Lipinski definition) is 4. The van der Waals surface area contributed by atoms with Crippen molar-refractivity contribution in [2.24, 2.45) is 0 Å². The van der Waals surface area contributed by atoms with Gasteiger partial charge in [0.25, 0.3) is 10.1 Å². The monoisotopic (exact) mass is 345 g/mol. The highest BCUT2D eigenvalue weighted by atomic mass is 79.9. The molecule has 1 atom stereocenters. The molecule has 0 aliphatic rings. The first-order valence-electron chi connectivity index (χ1n) is 3.27. The van der Waals surface area contributed by atoms with Gasteiger partial charge in [-0.3, -0.25) is 9.54 Å². The van der Waals surface area contributed by atoms with Crippen LogP contribution in [0.3, 0.4) is 0 Å². The van der Waals surface area contributed by atoms with Crippen molar-refractivity contribution in [2.45, 2.75) is 5.44 Å². The Morgan fingerprint density at radius 3 is 2.43 bits per heavy atom. The van der Waals surface area contributed by atoms with Gasteiger partial charge >= 0.3 is 0 Å². The summed E-state index contributed by atoms with van der Waals surface area (Å²) in [5, 5.41) is 9.18. The maximum Gasteiger partial charge on any atom is 0.298 e. The van der Waals surface area contributed by atoms with Gasteiger partial charge in [-0.25, -0.2) is 0 Å². The van der Waals surface area contributed by atoms with Gasteiger partial charge in [0.15, 0.2) is 0 Å². The molecule has 0 aliphatic heterocycles. The molecule has 0 aromatic carbocycles. The number of rotatable bonds is 2. The van der Waals surface area contributed by atoms with E-state index < -0.39 is 15.6 Å². The molecule has 1 heterocycles. The molecule has 14 heavy (non-hydrogen) atoms. The molecule has 78 valence electrons. The molecule has 2 N–H and O–H groups in total. The van der Waals surface area contributed by atoms with Gasteiger partial charge in [-0.1, -0.05) is 0 Å². The fraction of sp³-hybridized carbons (Fsp3) is 0.167. The van der Waals surface area contributed by atoms with E-state index in [0.29, 0.717) is 4.47 Å². The van der Waals surface area contributed by atoms with E-state index in [2.05, 4.69) is 36.8 Å². The SMILES string of the molecule is O=S(=O)(O)C(O)c1ncc(Br)cc1Br. The second-order valence-electron chi connectivity index (χ2n) is 2.39. The Hall–Kier alpha value is -0.0200.